The molecule has 34 heavy (non-hydrogen) atoms. The van der Waals surface area contributed by atoms with Gasteiger partial charge >= 0.3 is 6.18 Å². The zero-order chi connectivity index (χ0) is 24.6. The van der Waals surface area contributed by atoms with Crippen LogP contribution in [0, 0.1) is 6.92 Å². The maximum Gasteiger partial charge on any atom is 0.451 e. The first kappa shape index (κ1) is 25.6. The van der Waals surface area contributed by atoms with Crippen molar-refractivity contribution in [3.05, 3.63) is 53.9 Å². The van der Waals surface area contributed by atoms with Crippen molar-refractivity contribution < 1.29 is 13.2 Å². The Hall–Kier alpha value is -3.03. The predicted molar refractivity (Wildman–Crippen MR) is 131 cm³/mol. The van der Waals surface area contributed by atoms with Gasteiger partial charge in [0.15, 0.2) is 5.82 Å². The van der Waals surface area contributed by atoms with Gasteiger partial charge in [-0.3, -0.25) is 0 Å². The van der Waals surface area contributed by atoms with Crippen molar-refractivity contribution in [2.45, 2.75) is 65.5 Å². The van der Waals surface area contributed by atoms with Gasteiger partial charge in [-0.05, 0) is 55.7 Å². The lowest BCUT2D eigenvalue weighted by Gasteiger charge is -2.25. The number of nitrogens with zero attached hydrogens (tertiary/aromatic N) is 5. The number of anilines is 1. The Labute approximate surface area is 199 Å². The normalized spacial score (nSPS) is 12.1. The van der Waals surface area contributed by atoms with E-state index in [1.807, 2.05) is 19.1 Å². The summed E-state index contributed by atoms with van der Waals surface area (Å²) in [6, 6.07) is 12.5. The molecular formula is C26H32F3N5. The summed E-state index contributed by atoms with van der Waals surface area (Å²) in [5, 5.41) is 8.77. The molecule has 0 aliphatic carbocycles. The Morgan fingerprint density at radius 1 is 0.853 bits per heavy atom. The van der Waals surface area contributed by atoms with Crippen molar-refractivity contribution in [1.82, 2.24) is 9.97 Å². The molecule has 0 radical (unpaired) electrons. The lowest BCUT2D eigenvalue weighted by Crippen LogP contribution is -2.25. The summed E-state index contributed by atoms with van der Waals surface area (Å²) in [6.07, 6.45) is 2.37. The number of fused-ring (bicyclic) bond motifs is 1. The highest BCUT2D eigenvalue weighted by molar-refractivity contribution is 5.87. The van der Waals surface area contributed by atoms with Crippen LogP contribution in [-0.2, 0) is 6.18 Å². The van der Waals surface area contributed by atoms with Crippen molar-refractivity contribution in [2.24, 2.45) is 10.2 Å². The molecule has 0 aliphatic rings. The molecule has 0 N–H and O–H groups in total. The van der Waals surface area contributed by atoms with Crippen LogP contribution < -0.4 is 4.90 Å². The molecule has 1 heterocycles. The van der Waals surface area contributed by atoms with Gasteiger partial charge in [-0.25, -0.2) is 9.97 Å². The van der Waals surface area contributed by atoms with E-state index in [0.717, 1.165) is 37.2 Å². The van der Waals surface area contributed by atoms with Crippen LogP contribution in [0.4, 0.5) is 30.4 Å². The second-order valence-electron chi connectivity index (χ2n) is 8.46. The Balaban J connectivity index is 1.87. The SMILES string of the molecule is CCCCCN(CCCCC)c1ccc(N=Nc2nc(C(F)(F)F)nc3ccccc23)c(C)c1. The van der Waals surface area contributed by atoms with Gasteiger partial charge in [0.1, 0.15) is 0 Å². The molecule has 0 unspecified atom stereocenters. The van der Waals surface area contributed by atoms with Crippen LogP contribution >= 0.6 is 0 Å². The van der Waals surface area contributed by atoms with Crippen LogP contribution in [0.15, 0.2) is 52.7 Å². The third kappa shape index (κ3) is 6.74. The minimum atomic E-state index is -4.66. The number of alkyl halides is 3. The number of unbranched alkanes of at least 4 members (excludes halogenated alkanes) is 4. The van der Waals surface area contributed by atoms with E-state index in [9.17, 15) is 13.2 Å². The third-order valence-corrected chi connectivity index (χ3v) is 5.70. The fourth-order valence-electron chi connectivity index (χ4n) is 3.79. The fraction of sp³-hybridized carbons (Fsp3) is 0.462. The molecule has 0 fully saturated rings. The van der Waals surface area contributed by atoms with Crippen LogP contribution in [0.3, 0.4) is 0 Å². The average molecular weight is 472 g/mol. The molecule has 0 saturated carbocycles. The average Bonchev–Trinajstić information content (AvgIpc) is 2.81. The summed E-state index contributed by atoms with van der Waals surface area (Å²) >= 11 is 0. The van der Waals surface area contributed by atoms with Crippen LogP contribution in [0.5, 0.6) is 0 Å². The number of hydrogen-bond acceptors (Lipinski definition) is 5. The highest BCUT2D eigenvalue weighted by Gasteiger charge is 2.35. The predicted octanol–water partition coefficient (Wildman–Crippen LogP) is 8.56. The molecule has 2 aromatic carbocycles. The fourth-order valence-corrected chi connectivity index (χ4v) is 3.79. The van der Waals surface area contributed by atoms with E-state index in [0.29, 0.717) is 11.1 Å². The van der Waals surface area contributed by atoms with Crippen LogP contribution in [-0.4, -0.2) is 23.1 Å². The zero-order valence-electron chi connectivity index (χ0n) is 20.1. The first-order valence-electron chi connectivity index (χ1n) is 11.9. The van der Waals surface area contributed by atoms with Gasteiger partial charge in [0.2, 0.25) is 5.82 Å². The van der Waals surface area contributed by atoms with Crippen molar-refractivity contribution >= 4 is 28.1 Å². The number of benzene rings is 2. The number of rotatable bonds is 11. The number of azo groups is 1. The summed E-state index contributed by atoms with van der Waals surface area (Å²) < 4.78 is 39.8. The van der Waals surface area contributed by atoms with E-state index in [2.05, 4.69) is 45.0 Å². The molecule has 8 heteroatoms. The first-order chi connectivity index (χ1) is 16.3. The van der Waals surface area contributed by atoms with Crippen molar-refractivity contribution in [1.29, 1.82) is 0 Å². The monoisotopic (exact) mass is 471 g/mol. The summed E-state index contributed by atoms with van der Waals surface area (Å²) in [7, 11) is 0. The molecule has 0 atom stereocenters. The van der Waals surface area contributed by atoms with Crippen LogP contribution in [0.2, 0.25) is 0 Å². The third-order valence-electron chi connectivity index (χ3n) is 5.70. The molecule has 5 nitrogen and oxygen atoms in total. The van der Waals surface area contributed by atoms with Crippen molar-refractivity contribution in [3.63, 3.8) is 0 Å². The van der Waals surface area contributed by atoms with Crippen LogP contribution in [0.1, 0.15) is 63.8 Å². The minimum Gasteiger partial charge on any atom is -0.372 e. The molecular weight excluding hydrogens is 439 g/mol. The number of aromatic nitrogens is 2. The summed E-state index contributed by atoms with van der Waals surface area (Å²) in [4.78, 5) is 9.68. The van der Waals surface area contributed by atoms with E-state index in [-0.39, 0.29) is 11.3 Å². The number of aryl methyl sites for hydroxylation is 1. The van der Waals surface area contributed by atoms with E-state index < -0.39 is 12.0 Å². The lowest BCUT2D eigenvalue weighted by molar-refractivity contribution is -0.144. The molecule has 0 aliphatic heterocycles. The number of hydrogen-bond donors (Lipinski definition) is 0. The highest BCUT2D eigenvalue weighted by atomic mass is 19.4. The largest absolute Gasteiger partial charge is 0.451 e. The minimum absolute atomic E-state index is 0.0952. The van der Waals surface area contributed by atoms with Gasteiger partial charge in [-0.2, -0.15) is 13.2 Å². The van der Waals surface area contributed by atoms with Gasteiger partial charge in [0, 0.05) is 24.2 Å². The van der Waals surface area contributed by atoms with E-state index >= 15 is 0 Å². The highest BCUT2D eigenvalue weighted by Crippen LogP contribution is 2.33. The van der Waals surface area contributed by atoms with E-state index in [1.165, 1.54) is 31.7 Å². The van der Waals surface area contributed by atoms with Crippen LogP contribution in [0.25, 0.3) is 10.9 Å². The van der Waals surface area contributed by atoms with E-state index in [4.69, 9.17) is 0 Å². The van der Waals surface area contributed by atoms with Gasteiger partial charge < -0.3 is 4.90 Å². The zero-order valence-corrected chi connectivity index (χ0v) is 20.1. The second kappa shape index (κ2) is 11.9. The topological polar surface area (TPSA) is 53.7 Å². The molecule has 0 spiro atoms. The molecule has 0 amide bonds. The maximum absolute atomic E-state index is 13.3. The maximum atomic E-state index is 13.3. The van der Waals surface area contributed by atoms with Gasteiger partial charge in [-0.1, -0.05) is 51.7 Å². The lowest BCUT2D eigenvalue weighted by atomic mass is 10.1. The van der Waals surface area contributed by atoms with Crippen molar-refractivity contribution in [3.8, 4) is 0 Å². The Morgan fingerprint density at radius 3 is 2.15 bits per heavy atom. The summed E-state index contributed by atoms with van der Waals surface area (Å²) in [5.74, 6) is -1.32. The quantitative estimate of drug-likeness (QED) is 0.208. The molecule has 3 rings (SSSR count). The number of para-hydroxylation sites is 1. The summed E-state index contributed by atoms with van der Waals surface area (Å²) in [6.45, 7) is 8.34. The molecule has 0 bridgehead atoms. The van der Waals surface area contributed by atoms with E-state index in [1.54, 1.807) is 18.2 Å². The molecule has 182 valence electrons. The summed E-state index contributed by atoms with van der Waals surface area (Å²) in [5.41, 5.74) is 2.82. The van der Waals surface area contributed by atoms with Gasteiger partial charge in [-0.15, -0.1) is 10.2 Å². The van der Waals surface area contributed by atoms with Crippen molar-refractivity contribution in [2.75, 3.05) is 18.0 Å². The van der Waals surface area contributed by atoms with Gasteiger partial charge in [0.25, 0.3) is 0 Å². The Morgan fingerprint density at radius 2 is 1.53 bits per heavy atom. The van der Waals surface area contributed by atoms with Gasteiger partial charge in [0.05, 0.1) is 11.2 Å². The Bertz CT molecular complexity index is 1100. The number of halogens is 3. The molecule has 0 saturated heterocycles. The first-order valence-corrected chi connectivity index (χ1v) is 11.9. The second-order valence-corrected chi connectivity index (χ2v) is 8.46. The molecule has 3 aromatic rings. The molecule has 1 aromatic heterocycles. The smallest absolute Gasteiger partial charge is 0.372 e. The Kier molecular flexibility index (Phi) is 8.96. The standard InChI is InChI=1S/C26H32F3N5/c1-4-6-10-16-34(17-11-7-5-2)20-14-15-22(19(3)18-20)32-33-24-21-12-8-9-13-23(21)30-25(31-24)26(27,28)29/h8-9,12-15,18H,4-7,10-11,16-17H2,1-3H3.